The van der Waals surface area contributed by atoms with E-state index in [-0.39, 0.29) is 6.04 Å². The van der Waals surface area contributed by atoms with Crippen molar-refractivity contribution in [1.82, 2.24) is 0 Å². The van der Waals surface area contributed by atoms with Gasteiger partial charge in [0.2, 0.25) is 0 Å². The minimum Gasteiger partial charge on any atom is -0.324 e. The van der Waals surface area contributed by atoms with Crippen molar-refractivity contribution in [3.05, 3.63) is 35.9 Å². The molecule has 0 saturated carbocycles. The Morgan fingerprint density at radius 1 is 1.09 bits per heavy atom. The molecule has 1 rings (SSSR count). The molecule has 1 nitrogen and oxygen atoms in total. The molecular weight excluding hydrogens is 134 g/mol. The van der Waals surface area contributed by atoms with Gasteiger partial charge < -0.3 is 5.73 Å². The quantitative estimate of drug-likeness (QED) is 0.656. The fraction of sp³-hybridized carbons (Fsp3) is 0.400. The van der Waals surface area contributed by atoms with E-state index in [2.05, 4.69) is 0 Å². The Kier molecular flexibility index (Phi) is 5.49. The first kappa shape index (κ1) is 10.2. The van der Waals surface area contributed by atoms with Crippen LogP contribution in [0, 0.1) is 0 Å². The lowest BCUT2D eigenvalue weighted by Gasteiger charge is -2.02. The highest BCUT2D eigenvalue weighted by atomic mass is 14.6. The van der Waals surface area contributed by atoms with Crippen molar-refractivity contribution in [2.45, 2.75) is 26.8 Å². The SMILES string of the molecule is CC.C[C@@H](N)c1ccccc1. The summed E-state index contributed by atoms with van der Waals surface area (Å²) in [7, 11) is 0. The van der Waals surface area contributed by atoms with Gasteiger partial charge in [-0.05, 0) is 12.5 Å². The summed E-state index contributed by atoms with van der Waals surface area (Å²) in [6, 6.07) is 10.2. The van der Waals surface area contributed by atoms with Crippen molar-refractivity contribution < 1.29 is 0 Å². The smallest absolute Gasteiger partial charge is 0.0266 e. The van der Waals surface area contributed by atoms with Gasteiger partial charge in [0.25, 0.3) is 0 Å². The molecule has 0 amide bonds. The standard InChI is InChI=1S/C8H11N.C2H6/c1-7(9)8-5-3-2-4-6-8;1-2/h2-7H,9H2,1H3;1-2H3/t7-;/m1./s1. The van der Waals surface area contributed by atoms with Crippen molar-refractivity contribution in [3.8, 4) is 0 Å². The lowest BCUT2D eigenvalue weighted by Crippen LogP contribution is -2.03. The van der Waals surface area contributed by atoms with Crippen LogP contribution in [0.5, 0.6) is 0 Å². The number of benzene rings is 1. The van der Waals surface area contributed by atoms with Crippen LogP contribution in [0.3, 0.4) is 0 Å². The highest BCUT2D eigenvalue weighted by Gasteiger charge is 1.93. The Morgan fingerprint density at radius 3 is 1.82 bits per heavy atom. The molecule has 1 atom stereocenters. The minimum absolute atomic E-state index is 0.159. The fourth-order valence-corrected chi connectivity index (χ4v) is 0.757. The van der Waals surface area contributed by atoms with Gasteiger partial charge in [-0.3, -0.25) is 0 Å². The van der Waals surface area contributed by atoms with Crippen molar-refractivity contribution >= 4 is 0 Å². The third-order valence-electron chi connectivity index (χ3n) is 1.33. The molecule has 0 unspecified atom stereocenters. The van der Waals surface area contributed by atoms with Gasteiger partial charge in [0.15, 0.2) is 0 Å². The minimum atomic E-state index is 0.159. The molecule has 0 aliphatic carbocycles. The summed E-state index contributed by atoms with van der Waals surface area (Å²) in [6.07, 6.45) is 0. The number of rotatable bonds is 1. The van der Waals surface area contributed by atoms with Crippen LogP contribution in [0.25, 0.3) is 0 Å². The fourth-order valence-electron chi connectivity index (χ4n) is 0.757. The molecule has 1 aromatic rings. The van der Waals surface area contributed by atoms with Crippen LogP contribution in [0.1, 0.15) is 32.4 Å². The van der Waals surface area contributed by atoms with Gasteiger partial charge in [-0.15, -0.1) is 0 Å². The molecule has 0 radical (unpaired) electrons. The van der Waals surface area contributed by atoms with E-state index >= 15 is 0 Å². The van der Waals surface area contributed by atoms with Crippen LogP contribution >= 0.6 is 0 Å². The molecule has 0 spiro atoms. The molecule has 1 heteroatoms. The van der Waals surface area contributed by atoms with E-state index in [0.29, 0.717) is 0 Å². The van der Waals surface area contributed by atoms with E-state index in [4.69, 9.17) is 5.73 Å². The first-order valence-electron chi connectivity index (χ1n) is 4.11. The maximum absolute atomic E-state index is 5.61. The van der Waals surface area contributed by atoms with Crippen molar-refractivity contribution in [1.29, 1.82) is 0 Å². The van der Waals surface area contributed by atoms with E-state index in [1.54, 1.807) is 0 Å². The van der Waals surface area contributed by atoms with Crippen LogP contribution in [0.15, 0.2) is 30.3 Å². The molecule has 11 heavy (non-hydrogen) atoms. The molecule has 62 valence electrons. The Hall–Kier alpha value is -0.820. The van der Waals surface area contributed by atoms with E-state index in [1.165, 1.54) is 5.56 Å². The zero-order valence-corrected chi connectivity index (χ0v) is 7.54. The summed E-state index contributed by atoms with van der Waals surface area (Å²) >= 11 is 0. The molecule has 0 bridgehead atoms. The molecule has 0 saturated heterocycles. The van der Waals surface area contributed by atoms with Gasteiger partial charge in [-0.1, -0.05) is 44.2 Å². The van der Waals surface area contributed by atoms with Crippen LogP contribution < -0.4 is 5.73 Å². The third-order valence-corrected chi connectivity index (χ3v) is 1.33. The summed E-state index contributed by atoms with van der Waals surface area (Å²) in [6.45, 7) is 5.98. The molecular formula is C10H17N. The van der Waals surface area contributed by atoms with E-state index in [9.17, 15) is 0 Å². The number of nitrogens with two attached hydrogens (primary N) is 1. The molecule has 1 aromatic carbocycles. The zero-order chi connectivity index (χ0) is 8.69. The summed E-state index contributed by atoms with van der Waals surface area (Å²) in [5.41, 5.74) is 6.81. The highest BCUT2D eigenvalue weighted by Crippen LogP contribution is 2.06. The summed E-state index contributed by atoms with van der Waals surface area (Å²) in [5.74, 6) is 0. The molecule has 0 aliphatic heterocycles. The van der Waals surface area contributed by atoms with E-state index in [1.807, 2.05) is 51.1 Å². The molecule has 0 fully saturated rings. The normalized spacial score (nSPS) is 11.3. The highest BCUT2D eigenvalue weighted by molar-refractivity contribution is 5.17. The largest absolute Gasteiger partial charge is 0.324 e. The first-order valence-corrected chi connectivity index (χ1v) is 4.11. The average Bonchev–Trinajstić information content (AvgIpc) is 2.10. The summed E-state index contributed by atoms with van der Waals surface area (Å²) < 4.78 is 0. The van der Waals surface area contributed by atoms with Crippen LogP contribution in [-0.2, 0) is 0 Å². The maximum atomic E-state index is 5.61. The second-order valence-corrected chi connectivity index (χ2v) is 2.20. The second-order valence-electron chi connectivity index (χ2n) is 2.20. The molecule has 0 heterocycles. The molecule has 0 aliphatic rings. The summed E-state index contributed by atoms with van der Waals surface area (Å²) in [5, 5.41) is 0. The van der Waals surface area contributed by atoms with Gasteiger partial charge in [-0.25, -0.2) is 0 Å². The van der Waals surface area contributed by atoms with Crippen LogP contribution in [0.4, 0.5) is 0 Å². The van der Waals surface area contributed by atoms with Crippen LogP contribution in [0.2, 0.25) is 0 Å². The number of hydrogen-bond donors (Lipinski definition) is 1. The first-order chi connectivity index (χ1) is 5.30. The Bertz CT molecular complexity index is 167. The summed E-state index contributed by atoms with van der Waals surface area (Å²) in [4.78, 5) is 0. The lowest BCUT2D eigenvalue weighted by molar-refractivity contribution is 0.818. The van der Waals surface area contributed by atoms with E-state index in [0.717, 1.165) is 0 Å². The molecule has 2 N–H and O–H groups in total. The molecule has 0 aromatic heterocycles. The van der Waals surface area contributed by atoms with Crippen molar-refractivity contribution in [3.63, 3.8) is 0 Å². The van der Waals surface area contributed by atoms with Gasteiger partial charge in [0, 0.05) is 6.04 Å². The Labute approximate surface area is 69.2 Å². The van der Waals surface area contributed by atoms with Crippen molar-refractivity contribution in [2.75, 3.05) is 0 Å². The van der Waals surface area contributed by atoms with Gasteiger partial charge in [0.05, 0.1) is 0 Å². The lowest BCUT2D eigenvalue weighted by atomic mass is 10.1. The number of hydrogen-bond acceptors (Lipinski definition) is 1. The van der Waals surface area contributed by atoms with E-state index < -0.39 is 0 Å². The van der Waals surface area contributed by atoms with Gasteiger partial charge in [-0.2, -0.15) is 0 Å². The van der Waals surface area contributed by atoms with Crippen LogP contribution in [-0.4, -0.2) is 0 Å². The monoisotopic (exact) mass is 151 g/mol. The van der Waals surface area contributed by atoms with Gasteiger partial charge in [0.1, 0.15) is 0 Å². The predicted molar refractivity (Wildman–Crippen MR) is 50.4 cm³/mol. The second kappa shape index (κ2) is 5.93. The predicted octanol–water partition coefficient (Wildman–Crippen LogP) is 2.73. The van der Waals surface area contributed by atoms with Gasteiger partial charge >= 0.3 is 0 Å². The maximum Gasteiger partial charge on any atom is 0.0266 e. The average molecular weight is 151 g/mol. The third kappa shape index (κ3) is 3.79. The van der Waals surface area contributed by atoms with Crippen molar-refractivity contribution in [2.24, 2.45) is 5.73 Å². The zero-order valence-electron chi connectivity index (χ0n) is 7.54. The Morgan fingerprint density at radius 2 is 1.55 bits per heavy atom. The Balaban J connectivity index is 0.000000461. The topological polar surface area (TPSA) is 26.0 Å².